The Morgan fingerprint density at radius 3 is 2.45 bits per heavy atom. The Morgan fingerprint density at radius 1 is 0.955 bits per heavy atom. The van der Waals surface area contributed by atoms with Crippen molar-refractivity contribution in [3.05, 3.63) is 65.2 Å². The fourth-order valence-corrected chi connectivity index (χ4v) is 2.99. The number of halogens is 2. The highest BCUT2D eigenvalue weighted by Crippen LogP contribution is 2.31. The fourth-order valence-electron chi connectivity index (χ4n) is 2.99. The molecule has 1 heterocycles. The van der Waals surface area contributed by atoms with E-state index in [-0.39, 0.29) is 24.1 Å². The number of hydrogen-bond acceptors (Lipinski definition) is 2. The summed E-state index contributed by atoms with van der Waals surface area (Å²) in [6.07, 6.45) is 1.82. The quantitative estimate of drug-likeness (QED) is 0.921. The molecule has 0 aromatic heterocycles. The first-order chi connectivity index (χ1) is 10.8. The first-order valence-electron chi connectivity index (χ1n) is 7.61. The van der Waals surface area contributed by atoms with Gasteiger partial charge in [0.25, 0.3) is 0 Å². The molecule has 2 aromatic carbocycles. The van der Waals surface area contributed by atoms with Gasteiger partial charge >= 0.3 is 0 Å². The zero-order chi connectivity index (χ0) is 15.4. The molecule has 3 rings (SSSR count). The molecule has 0 atom stereocenters. The standard InChI is InChI=1S/C18H19F2NO/c19-15-5-1-2-7-17(15)22-12-14-4-3-6-16(20)18(14)13-8-10-21-11-9-13/h1-7,13,21H,8-12H2. The van der Waals surface area contributed by atoms with Gasteiger partial charge in [0.05, 0.1) is 0 Å². The summed E-state index contributed by atoms with van der Waals surface area (Å²) < 4.78 is 33.5. The van der Waals surface area contributed by atoms with Crippen LogP contribution in [-0.2, 0) is 6.61 Å². The molecule has 0 unspecified atom stereocenters. The van der Waals surface area contributed by atoms with E-state index in [4.69, 9.17) is 4.74 Å². The molecule has 1 aliphatic rings. The summed E-state index contributed by atoms with van der Waals surface area (Å²) in [5, 5.41) is 3.29. The molecule has 0 aliphatic carbocycles. The van der Waals surface area contributed by atoms with E-state index >= 15 is 0 Å². The monoisotopic (exact) mass is 303 g/mol. The lowest BCUT2D eigenvalue weighted by molar-refractivity contribution is 0.286. The van der Waals surface area contributed by atoms with Gasteiger partial charge in [0.15, 0.2) is 11.6 Å². The maximum Gasteiger partial charge on any atom is 0.165 e. The summed E-state index contributed by atoms with van der Waals surface area (Å²) in [5.74, 6) is -0.200. The van der Waals surface area contributed by atoms with Crippen LogP contribution in [0.25, 0.3) is 0 Å². The van der Waals surface area contributed by atoms with E-state index in [2.05, 4.69) is 5.32 Å². The van der Waals surface area contributed by atoms with Crippen molar-refractivity contribution >= 4 is 0 Å². The second kappa shape index (κ2) is 6.88. The molecule has 1 aliphatic heterocycles. The van der Waals surface area contributed by atoms with Crippen molar-refractivity contribution < 1.29 is 13.5 Å². The van der Waals surface area contributed by atoms with Gasteiger partial charge in [0, 0.05) is 0 Å². The summed E-state index contributed by atoms with van der Waals surface area (Å²) in [5.41, 5.74) is 1.52. The van der Waals surface area contributed by atoms with Gasteiger partial charge in [0.1, 0.15) is 12.4 Å². The first-order valence-corrected chi connectivity index (χ1v) is 7.61. The van der Waals surface area contributed by atoms with Crippen LogP contribution < -0.4 is 10.1 Å². The zero-order valence-electron chi connectivity index (χ0n) is 12.3. The normalized spacial score (nSPS) is 15.7. The Balaban J connectivity index is 1.81. The summed E-state index contributed by atoms with van der Waals surface area (Å²) in [6.45, 7) is 1.97. The highest BCUT2D eigenvalue weighted by atomic mass is 19.1. The first kappa shape index (κ1) is 15.0. The molecule has 22 heavy (non-hydrogen) atoms. The third kappa shape index (κ3) is 3.28. The summed E-state index contributed by atoms with van der Waals surface area (Å²) >= 11 is 0. The van der Waals surface area contributed by atoms with Crippen LogP contribution in [0, 0.1) is 11.6 Å². The van der Waals surface area contributed by atoms with Gasteiger partial charge in [-0.3, -0.25) is 0 Å². The molecule has 0 saturated carbocycles. The summed E-state index contributed by atoms with van der Waals surface area (Å²) in [4.78, 5) is 0. The third-order valence-corrected chi connectivity index (χ3v) is 4.11. The third-order valence-electron chi connectivity index (χ3n) is 4.11. The predicted octanol–water partition coefficient (Wildman–Crippen LogP) is 4.01. The van der Waals surface area contributed by atoms with Crippen molar-refractivity contribution in [3.8, 4) is 5.75 Å². The zero-order valence-corrected chi connectivity index (χ0v) is 12.3. The van der Waals surface area contributed by atoms with E-state index in [1.165, 1.54) is 12.1 Å². The van der Waals surface area contributed by atoms with Crippen LogP contribution in [0.15, 0.2) is 42.5 Å². The molecule has 2 aromatic rings. The lowest BCUT2D eigenvalue weighted by atomic mass is 9.87. The average molecular weight is 303 g/mol. The molecule has 1 N–H and O–H groups in total. The van der Waals surface area contributed by atoms with E-state index in [0.29, 0.717) is 0 Å². The number of ether oxygens (including phenoxy) is 1. The largest absolute Gasteiger partial charge is 0.486 e. The van der Waals surface area contributed by atoms with Gasteiger partial charge in [-0.15, -0.1) is 0 Å². The second-order valence-corrected chi connectivity index (χ2v) is 5.56. The molecule has 0 spiro atoms. The van der Waals surface area contributed by atoms with Gasteiger partial charge in [-0.2, -0.15) is 0 Å². The van der Waals surface area contributed by atoms with Crippen molar-refractivity contribution in [2.24, 2.45) is 0 Å². The van der Waals surface area contributed by atoms with Crippen molar-refractivity contribution in [2.75, 3.05) is 13.1 Å². The minimum absolute atomic E-state index is 0.179. The van der Waals surface area contributed by atoms with Crippen LogP contribution >= 0.6 is 0 Å². The van der Waals surface area contributed by atoms with Crippen LogP contribution in [0.1, 0.15) is 29.9 Å². The summed E-state index contributed by atoms with van der Waals surface area (Å²) in [7, 11) is 0. The number of nitrogens with one attached hydrogen (secondary N) is 1. The van der Waals surface area contributed by atoms with Crippen LogP contribution in [0.4, 0.5) is 8.78 Å². The lowest BCUT2D eigenvalue weighted by Crippen LogP contribution is -2.27. The number of rotatable bonds is 4. The molecule has 116 valence electrons. The molecule has 4 heteroatoms. The predicted molar refractivity (Wildman–Crippen MR) is 82.0 cm³/mol. The van der Waals surface area contributed by atoms with Gasteiger partial charge in [-0.1, -0.05) is 24.3 Å². The van der Waals surface area contributed by atoms with E-state index in [9.17, 15) is 8.78 Å². The number of piperidine rings is 1. The smallest absolute Gasteiger partial charge is 0.165 e. The topological polar surface area (TPSA) is 21.3 Å². The molecular formula is C18H19F2NO. The van der Waals surface area contributed by atoms with Crippen LogP contribution in [0.5, 0.6) is 5.75 Å². The Hall–Kier alpha value is -1.94. The summed E-state index contributed by atoms with van der Waals surface area (Å²) in [6, 6.07) is 11.3. The van der Waals surface area contributed by atoms with Gasteiger partial charge in [-0.25, -0.2) is 8.78 Å². The molecule has 2 nitrogen and oxygen atoms in total. The Morgan fingerprint density at radius 2 is 1.68 bits per heavy atom. The van der Waals surface area contributed by atoms with Gasteiger partial charge in [0.2, 0.25) is 0 Å². The van der Waals surface area contributed by atoms with Crippen molar-refractivity contribution in [3.63, 3.8) is 0 Å². The molecular weight excluding hydrogens is 284 g/mol. The lowest BCUT2D eigenvalue weighted by Gasteiger charge is -2.25. The van der Waals surface area contributed by atoms with E-state index in [0.717, 1.165) is 37.1 Å². The molecule has 1 fully saturated rings. The van der Waals surface area contributed by atoms with Crippen molar-refractivity contribution in [2.45, 2.75) is 25.4 Å². The molecule has 1 saturated heterocycles. The number of para-hydroxylation sites is 1. The van der Waals surface area contributed by atoms with Crippen molar-refractivity contribution in [1.82, 2.24) is 5.32 Å². The minimum atomic E-state index is -0.401. The number of benzene rings is 2. The van der Waals surface area contributed by atoms with E-state index < -0.39 is 5.82 Å². The van der Waals surface area contributed by atoms with Crippen molar-refractivity contribution in [1.29, 1.82) is 0 Å². The fraction of sp³-hybridized carbons (Fsp3) is 0.333. The van der Waals surface area contributed by atoms with E-state index in [1.54, 1.807) is 24.3 Å². The second-order valence-electron chi connectivity index (χ2n) is 5.56. The number of hydrogen-bond donors (Lipinski definition) is 1. The minimum Gasteiger partial charge on any atom is -0.486 e. The highest BCUT2D eigenvalue weighted by molar-refractivity contribution is 5.33. The average Bonchev–Trinajstić information content (AvgIpc) is 2.55. The molecule has 0 radical (unpaired) electrons. The Labute approximate surface area is 129 Å². The molecule has 0 bridgehead atoms. The SMILES string of the molecule is Fc1ccccc1OCc1cccc(F)c1C1CCNCC1. The maximum atomic E-state index is 14.3. The van der Waals surface area contributed by atoms with Gasteiger partial charge < -0.3 is 10.1 Å². The van der Waals surface area contributed by atoms with Gasteiger partial charge in [-0.05, 0) is 61.2 Å². The van der Waals surface area contributed by atoms with Crippen LogP contribution in [-0.4, -0.2) is 13.1 Å². The maximum absolute atomic E-state index is 14.3. The Bertz CT molecular complexity index is 639. The Kier molecular flexibility index (Phi) is 4.68. The highest BCUT2D eigenvalue weighted by Gasteiger charge is 2.22. The van der Waals surface area contributed by atoms with Crippen LogP contribution in [0.3, 0.4) is 0 Å². The van der Waals surface area contributed by atoms with Crippen LogP contribution in [0.2, 0.25) is 0 Å². The van der Waals surface area contributed by atoms with E-state index in [1.807, 2.05) is 6.07 Å². The molecule has 0 amide bonds.